The molecule has 1 unspecified atom stereocenters. The van der Waals surface area contributed by atoms with Gasteiger partial charge in [-0.3, -0.25) is 19.9 Å². The summed E-state index contributed by atoms with van der Waals surface area (Å²) in [6, 6.07) is 7.41. The first kappa shape index (κ1) is 25.8. The number of carbonyl (C=O) groups is 2. The van der Waals surface area contributed by atoms with E-state index in [9.17, 15) is 9.59 Å². The normalized spacial score (nSPS) is 12.4. The Morgan fingerprint density at radius 1 is 1.03 bits per heavy atom. The van der Waals surface area contributed by atoms with Crippen molar-refractivity contribution in [2.75, 3.05) is 18.0 Å². The van der Waals surface area contributed by atoms with Gasteiger partial charge in [0.15, 0.2) is 28.4 Å². The predicted octanol–water partition coefficient (Wildman–Crippen LogP) is 1.10. The van der Waals surface area contributed by atoms with Crippen molar-refractivity contribution in [1.82, 2.24) is 15.3 Å². The summed E-state index contributed by atoms with van der Waals surface area (Å²) in [7, 11) is 0. The van der Waals surface area contributed by atoms with Crippen LogP contribution < -0.4 is 28.3 Å². The Morgan fingerprint density at radius 2 is 1.64 bits per heavy atom. The molecule has 0 spiro atoms. The lowest BCUT2D eigenvalue weighted by molar-refractivity contribution is -0.138. The van der Waals surface area contributed by atoms with E-state index in [1.807, 2.05) is 12.1 Å². The fraction of sp³-hybridized carbons (Fsp3) is 0.381. The molecule has 0 saturated heterocycles. The molecule has 0 saturated carbocycles. The maximum Gasteiger partial charge on any atom is 0.320 e. The van der Waals surface area contributed by atoms with Gasteiger partial charge in [0.2, 0.25) is 0 Å². The maximum atomic E-state index is 12.2. The van der Waals surface area contributed by atoms with E-state index in [0.717, 1.165) is 37.7 Å². The molecule has 0 aliphatic rings. The number of carbonyl (C=O) groups excluding carboxylic acids is 1. The number of hydrogen-bond acceptors (Lipinski definition) is 8. The van der Waals surface area contributed by atoms with Gasteiger partial charge < -0.3 is 28.0 Å². The van der Waals surface area contributed by atoms with Crippen molar-refractivity contribution in [2.24, 2.45) is 16.5 Å². The van der Waals surface area contributed by atoms with Gasteiger partial charge in [-0.1, -0.05) is 35.9 Å². The second-order valence-electron chi connectivity index (χ2n) is 7.47. The molecule has 11 nitrogen and oxygen atoms in total. The van der Waals surface area contributed by atoms with Crippen molar-refractivity contribution < 1.29 is 14.7 Å². The molecule has 33 heavy (non-hydrogen) atoms. The van der Waals surface area contributed by atoms with Crippen LogP contribution in [0.5, 0.6) is 0 Å². The number of nitrogens with zero attached hydrogens (tertiary/aromatic N) is 3. The van der Waals surface area contributed by atoms with Crippen molar-refractivity contribution in [3.05, 3.63) is 46.2 Å². The van der Waals surface area contributed by atoms with Crippen LogP contribution in [0.2, 0.25) is 5.15 Å². The average molecular weight is 477 g/mol. The number of rotatable bonds is 11. The standard InChI is InChI=1S/C21H29ClN8O3/c22-16-18(25)29-17(24)15(28-16)19(31)30-21(26)27-11-2-1-4-12-7-9-13(10-8-12)5-3-6-14(23)20(32)33/h7-10,14H,1-6,11,23H2,(H,32,33)(H4,24,25,29)(H3,26,27,30,31). The van der Waals surface area contributed by atoms with Crippen molar-refractivity contribution in [3.63, 3.8) is 0 Å². The van der Waals surface area contributed by atoms with Crippen LogP contribution in [-0.2, 0) is 17.6 Å². The molecule has 1 aromatic heterocycles. The van der Waals surface area contributed by atoms with E-state index in [0.29, 0.717) is 13.0 Å². The number of nitrogens with one attached hydrogen (secondary N) is 1. The number of halogens is 1. The number of amides is 1. The van der Waals surface area contributed by atoms with Gasteiger partial charge in [-0.25, -0.2) is 9.97 Å². The van der Waals surface area contributed by atoms with Gasteiger partial charge in [-0.2, -0.15) is 0 Å². The highest BCUT2D eigenvalue weighted by atomic mass is 35.5. The van der Waals surface area contributed by atoms with E-state index in [1.54, 1.807) is 0 Å². The third kappa shape index (κ3) is 8.54. The Morgan fingerprint density at radius 3 is 2.24 bits per heavy atom. The summed E-state index contributed by atoms with van der Waals surface area (Å²) < 4.78 is 0. The second kappa shape index (κ2) is 12.6. The van der Waals surface area contributed by atoms with Crippen molar-refractivity contribution in [1.29, 1.82) is 0 Å². The highest BCUT2D eigenvalue weighted by molar-refractivity contribution is 6.31. The van der Waals surface area contributed by atoms with Gasteiger partial charge in [0.05, 0.1) is 0 Å². The van der Waals surface area contributed by atoms with E-state index < -0.39 is 17.9 Å². The van der Waals surface area contributed by atoms with Gasteiger partial charge in [0, 0.05) is 6.54 Å². The Balaban J connectivity index is 1.70. The lowest BCUT2D eigenvalue weighted by atomic mass is 10.0. The number of aliphatic carboxylic acids is 1. The van der Waals surface area contributed by atoms with Crippen molar-refractivity contribution in [3.8, 4) is 0 Å². The molecule has 2 aromatic rings. The van der Waals surface area contributed by atoms with Crippen molar-refractivity contribution >= 4 is 41.1 Å². The second-order valence-corrected chi connectivity index (χ2v) is 7.82. The summed E-state index contributed by atoms with van der Waals surface area (Å²) in [5.74, 6) is -1.92. The minimum Gasteiger partial charge on any atom is -0.480 e. The lowest BCUT2D eigenvalue weighted by Crippen LogP contribution is -2.38. The van der Waals surface area contributed by atoms with Crippen molar-refractivity contribution in [2.45, 2.75) is 44.6 Å². The lowest BCUT2D eigenvalue weighted by Gasteiger charge is -2.08. The summed E-state index contributed by atoms with van der Waals surface area (Å²) in [6.07, 6.45) is 4.52. The van der Waals surface area contributed by atoms with Crippen LogP contribution in [0.25, 0.3) is 0 Å². The Labute approximate surface area is 196 Å². The van der Waals surface area contributed by atoms with Gasteiger partial charge >= 0.3 is 5.97 Å². The van der Waals surface area contributed by atoms with Crippen LogP contribution in [0.15, 0.2) is 29.3 Å². The van der Waals surface area contributed by atoms with Crippen LogP contribution in [0, 0.1) is 0 Å². The molecule has 0 aliphatic heterocycles. The van der Waals surface area contributed by atoms with E-state index in [1.165, 1.54) is 5.56 Å². The zero-order chi connectivity index (χ0) is 24.4. The quantitative estimate of drug-likeness (QED) is 0.155. The number of carboxylic acids is 1. The molecule has 12 heteroatoms. The molecule has 178 valence electrons. The third-order valence-corrected chi connectivity index (χ3v) is 5.12. The molecule has 1 atom stereocenters. The molecule has 1 heterocycles. The minimum absolute atomic E-state index is 0.0545. The molecule has 1 amide bonds. The Hall–Kier alpha value is -3.44. The fourth-order valence-corrected chi connectivity index (χ4v) is 3.11. The molecule has 0 radical (unpaired) electrons. The number of nitrogen functional groups attached to an aromatic ring is 2. The first-order valence-electron chi connectivity index (χ1n) is 10.4. The summed E-state index contributed by atoms with van der Waals surface area (Å²) in [4.78, 5) is 34.6. The van der Waals surface area contributed by atoms with E-state index in [-0.39, 0.29) is 28.4 Å². The van der Waals surface area contributed by atoms with Crippen LogP contribution in [0.3, 0.4) is 0 Å². The topological polar surface area (TPSA) is 209 Å². The monoisotopic (exact) mass is 476 g/mol. The predicted molar refractivity (Wildman–Crippen MR) is 128 cm³/mol. The number of carboxylic acid groups (broad SMARTS) is 1. The van der Waals surface area contributed by atoms with Gasteiger partial charge in [0.1, 0.15) is 6.04 Å². The van der Waals surface area contributed by atoms with E-state index in [4.69, 9.17) is 39.6 Å². The van der Waals surface area contributed by atoms with Crippen LogP contribution in [-0.4, -0.2) is 45.5 Å². The molecule has 0 aliphatic carbocycles. The zero-order valence-corrected chi connectivity index (χ0v) is 18.9. The molecule has 2 rings (SSSR count). The largest absolute Gasteiger partial charge is 0.480 e. The molecule has 10 N–H and O–H groups in total. The number of nitrogens with two attached hydrogens (primary N) is 4. The zero-order valence-electron chi connectivity index (χ0n) is 18.1. The Kier molecular flexibility index (Phi) is 9.83. The Bertz CT molecular complexity index is 998. The summed E-state index contributed by atoms with van der Waals surface area (Å²) in [6.45, 7) is 0.442. The van der Waals surface area contributed by atoms with Crippen LogP contribution >= 0.6 is 11.6 Å². The van der Waals surface area contributed by atoms with Gasteiger partial charge in [-0.15, -0.1) is 0 Å². The number of aromatic nitrogens is 2. The first-order valence-corrected chi connectivity index (χ1v) is 10.8. The maximum absolute atomic E-state index is 12.2. The van der Waals surface area contributed by atoms with E-state index in [2.05, 4.69) is 32.4 Å². The molecular formula is C21H29ClN8O3. The number of unbranched alkanes of at least 4 members (excludes halogenated alkanes) is 1. The smallest absolute Gasteiger partial charge is 0.320 e. The average Bonchev–Trinajstić information content (AvgIpc) is 2.76. The number of benzene rings is 1. The van der Waals surface area contributed by atoms with E-state index >= 15 is 0 Å². The van der Waals surface area contributed by atoms with Gasteiger partial charge in [-0.05, 0) is 49.7 Å². The van der Waals surface area contributed by atoms with Gasteiger partial charge in [0.25, 0.3) is 5.91 Å². The summed E-state index contributed by atoms with van der Waals surface area (Å²) >= 11 is 5.77. The van der Waals surface area contributed by atoms with Crippen LogP contribution in [0.4, 0.5) is 11.6 Å². The summed E-state index contributed by atoms with van der Waals surface area (Å²) in [5, 5.41) is 11.1. The third-order valence-electron chi connectivity index (χ3n) is 4.84. The molecular weight excluding hydrogens is 448 g/mol. The highest BCUT2D eigenvalue weighted by Crippen LogP contribution is 2.17. The highest BCUT2D eigenvalue weighted by Gasteiger charge is 2.16. The minimum atomic E-state index is -0.968. The number of guanidine groups is 1. The molecule has 1 aromatic carbocycles. The van der Waals surface area contributed by atoms with Crippen LogP contribution in [0.1, 0.15) is 47.3 Å². The fourth-order valence-electron chi connectivity index (χ4n) is 2.99. The molecule has 0 bridgehead atoms. The number of anilines is 2. The number of aliphatic imine (C=N–C) groups is 1. The number of hydrogen-bond donors (Lipinski definition) is 6. The number of aryl methyl sites for hydroxylation is 2. The molecule has 0 fully saturated rings. The first-order chi connectivity index (χ1) is 15.7. The summed E-state index contributed by atoms with van der Waals surface area (Å²) in [5.41, 5.74) is 24.5. The SMILES string of the molecule is NC(=NCCCCc1ccc(CCCC(N)C(=O)O)cc1)NC(=O)c1nc(Cl)c(N)nc1N.